The first kappa shape index (κ1) is 16.2. The Morgan fingerprint density at radius 3 is 2.74 bits per heavy atom. The maximum absolute atomic E-state index is 13.1. The van der Waals surface area contributed by atoms with Crippen LogP contribution in [0.5, 0.6) is 0 Å². The van der Waals surface area contributed by atoms with Gasteiger partial charge in [-0.25, -0.2) is 4.98 Å². The molecule has 2 fully saturated rings. The molecule has 0 radical (unpaired) electrons. The molecule has 0 aromatic carbocycles. The van der Waals surface area contributed by atoms with Gasteiger partial charge < -0.3 is 14.9 Å². The number of aliphatic hydroxyl groups excluding tert-OH is 1. The molecule has 3 heterocycles. The number of amides is 1. The summed E-state index contributed by atoms with van der Waals surface area (Å²) in [5.41, 5.74) is 0.722. The topological polar surface area (TPSA) is 56.7 Å². The first-order chi connectivity index (χ1) is 11.3. The molecular formula is C18H27N3O2. The van der Waals surface area contributed by atoms with Gasteiger partial charge in [-0.1, -0.05) is 0 Å². The van der Waals surface area contributed by atoms with E-state index in [0.717, 1.165) is 50.3 Å². The molecule has 1 aromatic rings. The number of pyridine rings is 1. The third-order valence-corrected chi connectivity index (χ3v) is 5.02. The molecule has 3 rings (SSSR count). The van der Waals surface area contributed by atoms with Crippen LogP contribution in [0.2, 0.25) is 0 Å². The lowest BCUT2D eigenvalue weighted by Crippen LogP contribution is -2.45. The largest absolute Gasteiger partial charge is 0.396 e. The van der Waals surface area contributed by atoms with Gasteiger partial charge in [0.1, 0.15) is 5.82 Å². The summed E-state index contributed by atoms with van der Waals surface area (Å²) >= 11 is 0. The summed E-state index contributed by atoms with van der Waals surface area (Å²) in [4.78, 5) is 21.9. The van der Waals surface area contributed by atoms with E-state index in [2.05, 4.69) is 9.88 Å². The number of aromatic nitrogens is 1. The van der Waals surface area contributed by atoms with Crippen LogP contribution in [0.25, 0.3) is 0 Å². The van der Waals surface area contributed by atoms with Crippen LogP contribution in [-0.2, 0) is 0 Å². The lowest BCUT2D eigenvalue weighted by Gasteiger charge is -2.37. The molecule has 126 valence electrons. The van der Waals surface area contributed by atoms with Crippen molar-refractivity contribution in [3.8, 4) is 0 Å². The molecule has 1 atom stereocenters. The van der Waals surface area contributed by atoms with Crippen LogP contribution in [0.4, 0.5) is 5.82 Å². The molecule has 0 saturated carbocycles. The summed E-state index contributed by atoms with van der Waals surface area (Å²) in [6.45, 7) is 2.90. The van der Waals surface area contributed by atoms with Gasteiger partial charge in [0, 0.05) is 38.5 Å². The van der Waals surface area contributed by atoms with Crippen molar-refractivity contribution in [2.45, 2.75) is 51.0 Å². The van der Waals surface area contributed by atoms with Gasteiger partial charge in [0.2, 0.25) is 0 Å². The van der Waals surface area contributed by atoms with Crippen LogP contribution >= 0.6 is 0 Å². The number of piperidine rings is 2. The first-order valence-corrected chi connectivity index (χ1v) is 8.93. The van der Waals surface area contributed by atoms with E-state index in [0.29, 0.717) is 6.42 Å². The number of anilines is 1. The van der Waals surface area contributed by atoms with Crippen LogP contribution in [0.3, 0.4) is 0 Å². The summed E-state index contributed by atoms with van der Waals surface area (Å²) in [7, 11) is 0. The lowest BCUT2D eigenvalue weighted by atomic mass is 9.98. The van der Waals surface area contributed by atoms with E-state index in [1.807, 2.05) is 17.0 Å². The normalized spacial score (nSPS) is 22.2. The van der Waals surface area contributed by atoms with Crippen LogP contribution < -0.4 is 4.90 Å². The molecule has 5 nitrogen and oxygen atoms in total. The fraction of sp³-hybridized carbons (Fsp3) is 0.667. The van der Waals surface area contributed by atoms with Crippen molar-refractivity contribution in [3.63, 3.8) is 0 Å². The van der Waals surface area contributed by atoms with Gasteiger partial charge >= 0.3 is 0 Å². The van der Waals surface area contributed by atoms with Gasteiger partial charge in [-0.15, -0.1) is 0 Å². The molecular weight excluding hydrogens is 290 g/mol. The van der Waals surface area contributed by atoms with E-state index in [1.54, 1.807) is 6.20 Å². The van der Waals surface area contributed by atoms with Crippen LogP contribution in [0.15, 0.2) is 18.3 Å². The van der Waals surface area contributed by atoms with Crippen LogP contribution in [0.1, 0.15) is 55.3 Å². The predicted octanol–water partition coefficient (Wildman–Crippen LogP) is 2.45. The summed E-state index contributed by atoms with van der Waals surface area (Å²) in [5, 5.41) is 9.29. The van der Waals surface area contributed by atoms with E-state index >= 15 is 0 Å². The zero-order chi connectivity index (χ0) is 16.1. The molecule has 0 spiro atoms. The monoisotopic (exact) mass is 317 g/mol. The van der Waals surface area contributed by atoms with Crippen molar-refractivity contribution in [1.29, 1.82) is 0 Å². The van der Waals surface area contributed by atoms with Crippen molar-refractivity contribution < 1.29 is 9.90 Å². The third kappa shape index (κ3) is 3.66. The Kier molecular flexibility index (Phi) is 5.49. The highest BCUT2D eigenvalue weighted by atomic mass is 16.3. The molecule has 1 N–H and O–H groups in total. The zero-order valence-corrected chi connectivity index (χ0v) is 13.8. The van der Waals surface area contributed by atoms with Gasteiger partial charge in [0.05, 0.1) is 5.56 Å². The highest BCUT2D eigenvalue weighted by Crippen LogP contribution is 2.27. The Hall–Kier alpha value is -1.62. The van der Waals surface area contributed by atoms with Crippen molar-refractivity contribution >= 4 is 11.7 Å². The fourth-order valence-electron chi connectivity index (χ4n) is 3.79. The van der Waals surface area contributed by atoms with Crippen LogP contribution in [-0.4, -0.2) is 53.2 Å². The average Bonchev–Trinajstić information content (AvgIpc) is 2.63. The van der Waals surface area contributed by atoms with E-state index < -0.39 is 0 Å². The molecule has 1 aromatic heterocycles. The fourth-order valence-corrected chi connectivity index (χ4v) is 3.79. The van der Waals surface area contributed by atoms with Crippen molar-refractivity contribution in [2.75, 3.05) is 31.1 Å². The number of rotatable bonds is 4. The van der Waals surface area contributed by atoms with E-state index in [1.165, 1.54) is 19.3 Å². The summed E-state index contributed by atoms with van der Waals surface area (Å²) in [5.74, 6) is 0.919. The maximum atomic E-state index is 13.1. The minimum absolute atomic E-state index is 0.0804. The second kappa shape index (κ2) is 7.77. The Labute approximate surface area is 138 Å². The minimum Gasteiger partial charge on any atom is -0.396 e. The molecule has 0 bridgehead atoms. The highest BCUT2D eigenvalue weighted by Gasteiger charge is 2.29. The summed E-state index contributed by atoms with van der Waals surface area (Å²) < 4.78 is 0. The average molecular weight is 317 g/mol. The number of carbonyl (C=O) groups excluding carboxylic acids is 1. The molecule has 0 aliphatic carbocycles. The standard InChI is InChI=1S/C18H27N3O2/c22-14-9-15-7-2-5-13-21(15)18(23)16-8-6-10-19-17(16)20-11-3-1-4-12-20/h6,8,10,15,22H,1-5,7,9,11-14H2. The number of hydrogen-bond donors (Lipinski definition) is 1. The van der Waals surface area contributed by atoms with Crippen molar-refractivity contribution in [3.05, 3.63) is 23.9 Å². The second-order valence-corrected chi connectivity index (χ2v) is 6.58. The molecule has 5 heteroatoms. The maximum Gasteiger partial charge on any atom is 0.257 e. The van der Waals surface area contributed by atoms with Gasteiger partial charge in [-0.05, 0) is 57.1 Å². The van der Waals surface area contributed by atoms with Gasteiger partial charge in [-0.2, -0.15) is 0 Å². The van der Waals surface area contributed by atoms with E-state index in [9.17, 15) is 9.90 Å². The first-order valence-electron chi connectivity index (χ1n) is 8.93. The Morgan fingerprint density at radius 2 is 1.96 bits per heavy atom. The Bertz CT molecular complexity index is 527. The number of hydrogen-bond acceptors (Lipinski definition) is 4. The van der Waals surface area contributed by atoms with Crippen molar-refractivity contribution in [2.24, 2.45) is 0 Å². The van der Waals surface area contributed by atoms with Crippen LogP contribution in [0, 0.1) is 0 Å². The summed E-state index contributed by atoms with van der Waals surface area (Å²) in [6, 6.07) is 3.92. The number of aliphatic hydroxyl groups is 1. The number of nitrogens with zero attached hydrogens (tertiary/aromatic N) is 3. The highest BCUT2D eigenvalue weighted by molar-refractivity contribution is 5.99. The second-order valence-electron chi connectivity index (χ2n) is 6.58. The zero-order valence-electron chi connectivity index (χ0n) is 13.8. The summed E-state index contributed by atoms with van der Waals surface area (Å²) in [6.07, 6.45) is 9.23. The van der Waals surface area contributed by atoms with Gasteiger partial charge in [0.25, 0.3) is 5.91 Å². The number of likely N-dealkylation sites (tertiary alicyclic amines) is 1. The van der Waals surface area contributed by atoms with E-state index in [-0.39, 0.29) is 18.6 Å². The third-order valence-electron chi connectivity index (χ3n) is 5.02. The smallest absolute Gasteiger partial charge is 0.257 e. The molecule has 1 amide bonds. The molecule has 2 saturated heterocycles. The Balaban J connectivity index is 1.83. The molecule has 23 heavy (non-hydrogen) atoms. The Morgan fingerprint density at radius 1 is 1.17 bits per heavy atom. The van der Waals surface area contributed by atoms with Crippen molar-refractivity contribution in [1.82, 2.24) is 9.88 Å². The van der Waals surface area contributed by atoms with Gasteiger partial charge in [0.15, 0.2) is 0 Å². The minimum atomic E-state index is 0.0804. The molecule has 2 aliphatic rings. The predicted molar refractivity (Wildman–Crippen MR) is 90.7 cm³/mol. The quantitative estimate of drug-likeness (QED) is 0.927. The number of carbonyl (C=O) groups is 1. The van der Waals surface area contributed by atoms with E-state index in [4.69, 9.17) is 0 Å². The lowest BCUT2D eigenvalue weighted by molar-refractivity contribution is 0.0575. The molecule has 2 aliphatic heterocycles. The molecule has 1 unspecified atom stereocenters. The van der Waals surface area contributed by atoms with Gasteiger partial charge in [-0.3, -0.25) is 4.79 Å². The SMILES string of the molecule is O=C(c1cccnc1N1CCCCC1)N1CCCCC1CCO.